The number of fused-ring (bicyclic) bond motifs is 3. The third-order valence-corrected chi connectivity index (χ3v) is 12.2. The molecule has 0 bridgehead atoms. The number of amides is 2. The molecule has 5 aliphatic rings. The van der Waals surface area contributed by atoms with Gasteiger partial charge in [0, 0.05) is 112 Å². The number of piperazine rings is 1. The quantitative estimate of drug-likeness (QED) is 0.187. The zero-order valence-corrected chi connectivity index (χ0v) is 32.9. The van der Waals surface area contributed by atoms with E-state index in [0.717, 1.165) is 103 Å². The Kier molecular flexibility index (Phi) is 9.37. The maximum Gasteiger partial charge on any atom is 0.237 e. The number of piperidine rings is 1. The number of rotatable bonds is 8. The Labute approximate surface area is 337 Å². The van der Waals surface area contributed by atoms with E-state index in [-0.39, 0.29) is 11.8 Å². The lowest BCUT2D eigenvalue weighted by molar-refractivity contribution is -0.134. The summed E-state index contributed by atoms with van der Waals surface area (Å²) in [5.41, 5.74) is 11.5. The fraction of sp³-hybridized carbons (Fsp3) is 0.364. The molecule has 3 aromatic carbocycles. The molecule has 2 aromatic heterocycles. The van der Waals surface area contributed by atoms with Gasteiger partial charge in [-0.1, -0.05) is 30.3 Å². The van der Waals surface area contributed by atoms with Gasteiger partial charge in [0.25, 0.3) is 0 Å². The molecule has 7 heterocycles. The van der Waals surface area contributed by atoms with Gasteiger partial charge in [-0.2, -0.15) is 5.10 Å². The SMILES string of the molecule is Cc1c(-c2ccc3cnc(Nc4ccc(CN5CC(N6CCN(c7ccc8c(c7)CN(C)N=C8C7CCC(=O)NC7=O)CC6)C5)cc4)nc3c2)cnc2c1NCCO2. The van der Waals surface area contributed by atoms with Gasteiger partial charge in [0.2, 0.25) is 23.6 Å². The van der Waals surface area contributed by atoms with Gasteiger partial charge in [0.15, 0.2) is 0 Å². The van der Waals surface area contributed by atoms with E-state index in [9.17, 15) is 9.59 Å². The number of carbonyl (C=O) groups excluding carboxylic acids is 2. The maximum atomic E-state index is 12.7. The summed E-state index contributed by atoms with van der Waals surface area (Å²) in [6, 6.07) is 22.0. The van der Waals surface area contributed by atoms with Crippen LogP contribution in [0.2, 0.25) is 0 Å². The Morgan fingerprint density at radius 2 is 1.78 bits per heavy atom. The number of likely N-dealkylation sites (tertiary alicyclic amines) is 1. The number of nitrogens with one attached hydrogen (secondary N) is 3. The van der Waals surface area contributed by atoms with E-state index in [4.69, 9.17) is 14.8 Å². The lowest BCUT2D eigenvalue weighted by atomic mass is 9.86. The van der Waals surface area contributed by atoms with Crippen molar-refractivity contribution >= 4 is 51.4 Å². The number of carbonyl (C=O) groups is 2. The number of hydrazone groups is 1. The van der Waals surface area contributed by atoms with Crippen LogP contribution in [0.3, 0.4) is 0 Å². The van der Waals surface area contributed by atoms with Gasteiger partial charge >= 0.3 is 0 Å². The van der Waals surface area contributed by atoms with Gasteiger partial charge in [-0.05, 0) is 65.9 Å². The molecular weight excluding hydrogens is 731 g/mol. The van der Waals surface area contributed by atoms with E-state index in [0.29, 0.717) is 43.9 Å². The first-order chi connectivity index (χ1) is 28.3. The van der Waals surface area contributed by atoms with Gasteiger partial charge in [-0.3, -0.25) is 29.7 Å². The largest absolute Gasteiger partial charge is 0.474 e. The van der Waals surface area contributed by atoms with E-state index in [1.807, 2.05) is 24.5 Å². The molecular formula is C44H47N11O3. The topological polar surface area (TPSA) is 143 Å². The molecule has 0 radical (unpaired) electrons. The number of hydrogen-bond acceptors (Lipinski definition) is 13. The van der Waals surface area contributed by atoms with Crippen molar-refractivity contribution in [2.45, 2.75) is 38.9 Å². The Bertz CT molecular complexity index is 2440. The first kappa shape index (κ1) is 36.2. The maximum absolute atomic E-state index is 12.7. The van der Waals surface area contributed by atoms with Crippen LogP contribution in [0.5, 0.6) is 5.88 Å². The standard InChI is InChI=1S/C44H47N11O3/c1-27-37(22-46-43-40(27)45-13-18-58-43)29-5-6-30-21-47-44(49-38(30)20-29)48-32-7-3-28(4-8-32)23-53-25-34(26-53)55-16-14-54(15-17-55)33-9-10-35-31(19-33)24-52(2)51-41(35)36-11-12-39(56)50-42(36)57/h3-10,19-22,34,36,45H,11-18,23-26H2,1-2H3,(H,47,48,49)(H,50,56,57). The van der Waals surface area contributed by atoms with Crippen molar-refractivity contribution in [2.24, 2.45) is 11.0 Å². The van der Waals surface area contributed by atoms with E-state index >= 15 is 0 Å². The first-order valence-electron chi connectivity index (χ1n) is 20.3. The normalized spacial score (nSPS) is 20.0. The molecule has 5 aliphatic heterocycles. The zero-order chi connectivity index (χ0) is 39.3. The number of anilines is 4. The summed E-state index contributed by atoms with van der Waals surface area (Å²) in [6.07, 6.45) is 4.58. The summed E-state index contributed by atoms with van der Waals surface area (Å²) in [4.78, 5) is 46.1. The predicted molar refractivity (Wildman–Crippen MR) is 224 cm³/mol. The van der Waals surface area contributed by atoms with Crippen molar-refractivity contribution in [3.8, 4) is 17.0 Å². The Morgan fingerprint density at radius 3 is 2.60 bits per heavy atom. The van der Waals surface area contributed by atoms with Crippen LogP contribution >= 0.6 is 0 Å². The molecule has 3 N–H and O–H groups in total. The van der Waals surface area contributed by atoms with Crippen molar-refractivity contribution in [3.63, 3.8) is 0 Å². The highest BCUT2D eigenvalue weighted by atomic mass is 16.5. The van der Waals surface area contributed by atoms with Crippen molar-refractivity contribution in [2.75, 3.05) is 75.0 Å². The summed E-state index contributed by atoms with van der Waals surface area (Å²) in [5.74, 6) is 0.369. The predicted octanol–water partition coefficient (Wildman–Crippen LogP) is 4.76. The first-order valence-corrected chi connectivity index (χ1v) is 20.3. The molecule has 1 atom stereocenters. The second-order valence-corrected chi connectivity index (χ2v) is 16.1. The molecule has 1 unspecified atom stereocenters. The summed E-state index contributed by atoms with van der Waals surface area (Å²) in [5, 5.41) is 16.9. The second-order valence-electron chi connectivity index (χ2n) is 16.1. The molecule has 14 nitrogen and oxygen atoms in total. The van der Waals surface area contributed by atoms with E-state index in [1.54, 1.807) is 0 Å². The van der Waals surface area contributed by atoms with Crippen LogP contribution in [0.4, 0.5) is 23.0 Å². The van der Waals surface area contributed by atoms with Crippen LogP contribution in [-0.2, 0) is 22.7 Å². The van der Waals surface area contributed by atoms with Gasteiger partial charge in [0.1, 0.15) is 12.3 Å². The number of hydrogen-bond donors (Lipinski definition) is 3. The van der Waals surface area contributed by atoms with Crippen LogP contribution in [-0.4, -0.2) is 113 Å². The lowest BCUT2D eigenvalue weighted by Gasteiger charge is -2.48. The van der Waals surface area contributed by atoms with Gasteiger partial charge in [0.05, 0.1) is 23.7 Å². The third-order valence-electron chi connectivity index (χ3n) is 12.2. The fourth-order valence-corrected chi connectivity index (χ4v) is 8.98. The molecule has 0 aliphatic carbocycles. The van der Waals surface area contributed by atoms with E-state index in [2.05, 4.69) is 108 Å². The van der Waals surface area contributed by atoms with Crippen LogP contribution in [0.25, 0.3) is 22.0 Å². The minimum atomic E-state index is -0.401. The summed E-state index contributed by atoms with van der Waals surface area (Å²) < 4.78 is 5.72. The molecule has 0 spiro atoms. The molecule has 2 amide bonds. The van der Waals surface area contributed by atoms with Crippen molar-refractivity contribution in [1.29, 1.82) is 0 Å². The highest BCUT2D eigenvalue weighted by Crippen LogP contribution is 2.36. The number of nitrogens with zero attached hydrogens (tertiary/aromatic N) is 8. The fourth-order valence-electron chi connectivity index (χ4n) is 8.98. The van der Waals surface area contributed by atoms with Gasteiger partial charge < -0.3 is 20.3 Å². The smallest absolute Gasteiger partial charge is 0.237 e. The van der Waals surface area contributed by atoms with Gasteiger partial charge in [-0.15, -0.1) is 0 Å². The minimum Gasteiger partial charge on any atom is -0.474 e. The Balaban J connectivity index is 0.713. The number of imide groups is 1. The van der Waals surface area contributed by atoms with Crippen molar-refractivity contribution < 1.29 is 14.3 Å². The Morgan fingerprint density at radius 1 is 0.931 bits per heavy atom. The van der Waals surface area contributed by atoms with Crippen LogP contribution in [0.1, 0.15) is 35.1 Å². The monoisotopic (exact) mass is 777 g/mol. The highest BCUT2D eigenvalue weighted by Gasteiger charge is 2.36. The molecule has 0 saturated carbocycles. The minimum absolute atomic E-state index is 0.205. The van der Waals surface area contributed by atoms with E-state index < -0.39 is 5.92 Å². The summed E-state index contributed by atoms with van der Waals surface area (Å²) in [7, 11) is 1.94. The number of aromatic nitrogens is 3. The molecule has 58 heavy (non-hydrogen) atoms. The summed E-state index contributed by atoms with van der Waals surface area (Å²) >= 11 is 0. The van der Waals surface area contributed by atoms with Gasteiger partial charge in [-0.25, -0.2) is 15.0 Å². The molecule has 5 aromatic rings. The van der Waals surface area contributed by atoms with Crippen LogP contribution in [0, 0.1) is 12.8 Å². The lowest BCUT2D eigenvalue weighted by Crippen LogP contribution is -2.62. The number of pyridine rings is 1. The second kappa shape index (κ2) is 15.0. The molecule has 3 saturated heterocycles. The molecule has 10 rings (SSSR count). The third kappa shape index (κ3) is 7.06. The number of ether oxygens (including phenoxy) is 1. The number of benzene rings is 3. The zero-order valence-electron chi connectivity index (χ0n) is 32.9. The average molecular weight is 778 g/mol. The molecule has 296 valence electrons. The molecule has 14 heteroatoms. The van der Waals surface area contributed by atoms with Crippen molar-refractivity contribution in [3.05, 3.63) is 95.3 Å². The molecule has 3 fully saturated rings. The van der Waals surface area contributed by atoms with Crippen LogP contribution in [0.15, 0.2) is 78.2 Å². The van der Waals surface area contributed by atoms with Crippen LogP contribution < -0.4 is 25.6 Å². The highest BCUT2D eigenvalue weighted by molar-refractivity contribution is 6.17. The Hall–Kier alpha value is -6.12. The van der Waals surface area contributed by atoms with E-state index in [1.165, 1.54) is 16.8 Å². The van der Waals surface area contributed by atoms with Crippen molar-refractivity contribution in [1.82, 2.24) is 35.1 Å². The average Bonchev–Trinajstić information content (AvgIpc) is 3.22. The summed E-state index contributed by atoms with van der Waals surface area (Å²) in [6.45, 7) is 11.3.